The maximum atomic E-state index is 12.7. The molecule has 140 valence electrons. The van der Waals surface area contributed by atoms with Gasteiger partial charge in [0.1, 0.15) is 0 Å². The molecule has 1 saturated heterocycles. The third kappa shape index (κ3) is 6.43. The van der Waals surface area contributed by atoms with Crippen LogP contribution in [0.5, 0.6) is 0 Å². The van der Waals surface area contributed by atoms with Crippen molar-refractivity contribution in [3.05, 3.63) is 35.4 Å². The number of nitrogens with zero attached hydrogens (tertiary/aromatic N) is 1. The van der Waals surface area contributed by atoms with E-state index in [1.807, 2.05) is 13.8 Å². The Morgan fingerprint density at radius 3 is 2.64 bits per heavy atom. The molecule has 25 heavy (non-hydrogen) atoms. The van der Waals surface area contributed by atoms with Crippen molar-refractivity contribution in [3.63, 3.8) is 0 Å². The van der Waals surface area contributed by atoms with Gasteiger partial charge in [0.25, 0.3) is 0 Å². The molecule has 2 atom stereocenters. The number of thioether (sulfide) groups is 1. The van der Waals surface area contributed by atoms with Crippen LogP contribution in [0.3, 0.4) is 0 Å². The van der Waals surface area contributed by atoms with Gasteiger partial charge in [-0.25, -0.2) is 4.79 Å². The Kier molecular flexibility index (Phi) is 7.01. The number of hydrogen-bond donors (Lipinski definition) is 1. The van der Waals surface area contributed by atoms with Gasteiger partial charge in [0.2, 0.25) is 0 Å². The largest absolute Gasteiger partial charge is 0.416 e. The van der Waals surface area contributed by atoms with E-state index in [9.17, 15) is 18.0 Å². The lowest BCUT2D eigenvalue weighted by Gasteiger charge is -2.35. The monoisotopic (exact) mass is 376 g/mol. The molecular formula is C17H23F3N2O2S. The van der Waals surface area contributed by atoms with Crippen LogP contribution in [-0.2, 0) is 16.7 Å². The average molecular weight is 376 g/mol. The van der Waals surface area contributed by atoms with Crippen LogP contribution >= 0.6 is 11.8 Å². The minimum atomic E-state index is -4.32. The molecule has 0 aliphatic carbocycles. The molecule has 1 N–H and O–H groups in total. The molecule has 1 aliphatic heterocycles. The van der Waals surface area contributed by atoms with Crippen LogP contribution in [0.2, 0.25) is 0 Å². The molecule has 0 unspecified atom stereocenters. The summed E-state index contributed by atoms with van der Waals surface area (Å²) in [6, 6.07) is 5.21. The summed E-state index contributed by atoms with van der Waals surface area (Å²) in [7, 11) is 0. The van der Waals surface area contributed by atoms with Crippen LogP contribution < -0.4 is 5.32 Å². The van der Waals surface area contributed by atoms with Crippen LogP contribution in [0.15, 0.2) is 24.3 Å². The van der Waals surface area contributed by atoms with Crippen LogP contribution in [0, 0.1) is 0 Å². The second-order valence-electron chi connectivity index (χ2n) is 6.14. The molecule has 0 spiro atoms. The Hall–Kier alpha value is -1.41. The molecule has 0 aromatic heterocycles. The minimum Gasteiger partial charge on any atom is -0.372 e. The molecule has 1 fully saturated rings. The Bertz CT molecular complexity index is 573. The van der Waals surface area contributed by atoms with Crippen molar-refractivity contribution < 1.29 is 22.7 Å². The second-order valence-corrected chi connectivity index (χ2v) is 7.25. The van der Waals surface area contributed by atoms with Crippen molar-refractivity contribution in [1.29, 1.82) is 0 Å². The molecule has 1 aliphatic rings. The van der Waals surface area contributed by atoms with Gasteiger partial charge in [0.15, 0.2) is 0 Å². The maximum absolute atomic E-state index is 12.7. The van der Waals surface area contributed by atoms with Crippen molar-refractivity contribution in [2.45, 2.75) is 38.0 Å². The first-order chi connectivity index (χ1) is 11.8. The Morgan fingerprint density at radius 2 is 2.00 bits per heavy atom. The number of urea groups is 1. The van der Waals surface area contributed by atoms with E-state index in [0.29, 0.717) is 36.7 Å². The summed E-state index contributed by atoms with van der Waals surface area (Å²) in [6.45, 7) is 5.46. The van der Waals surface area contributed by atoms with E-state index in [-0.39, 0.29) is 18.2 Å². The first kappa shape index (κ1) is 19.9. The lowest BCUT2D eigenvalue weighted by Crippen LogP contribution is -2.51. The predicted octanol–water partition coefficient (Wildman–Crippen LogP) is 3.76. The summed E-state index contributed by atoms with van der Waals surface area (Å²) in [6.07, 6.45) is -4.28. The number of morpholine rings is 1. The first-order valence-electron chi connectivity index (χ1n) is 8.18. The zero-order chi connectivity index (χ0) is 18.4. The van der Waals surface area contributed by atoms with Gasteiger partial charge in [-0.3, -0.25) is 0 Å². The summed E-state index contributed by atoms with van der Waals surface area (Å²) < 4.78 is 43.6. The number of alkyl halides is 3. The molecule has 0 saturated carbocycles. The maximum Gasteiger partial charge on any atom is 0.416 e. The topological polar surface area (TPSA) is 41.6 Å². The zero-order valence-electron chi connectivity index (χ0n) is 14.3. The van der Waals surface area contributed by atoms with E-state index in [4.69, 9.17) is 4.74 Å². The summed E-state index contributed by atoms with van der Waals surface area (Å²) in [5.41, 5.74) is -0.00330. The quantitative estimate of drug-likeness (QED) is 0.796. The predicted molar refractivity (Wildman–Crippen MR) is 92.6 cm³/mol. The van der Waals surface area contributed by atoms with Gasteiger partial charge in [0.05, 0.1) is 17.8 Å². The van der Waals surface area contributed by atoms with E-state index in [2.05, 4.69) is 5.32 Å². The van der Waals surface area contributed by atoms with Gasteiger partial charge in [-0.05, 0) is 25.5 Å². The summed E-state index contributed by atoms with van der Waals surface area (Å²) in [5, 5.41) is 2.85. The Labute approximate surface area is 150 Å². The smallest absolute Gasteiger partial charge is 0.372 e. The molecule has 1 aromatic carbocycles. The van der Waals surface area contributed by atoms with Crippen LogP contribution in [-0.4, -0.2) is 48.5 Å². The lowest BCUT2D eigenvalue weighted by molar-refractivity contribution is -0.137. The Balaban J connectivity index is 1.69. The van der Waals surface area contributed by atoms with Gasteiger partial charge in [-0.2, -0.15) is 24.9 Å². The fraction of sp³-hybridized carbons (Fsp3) is 0.588. The number of amides is 2. The molecule has 1 aromatic rings. The number of carbonyl (C=O) groups is 1. The molecular weight excluding hydrogens is 353 g/mol. The van der Waals surface area contributed by atoms with Crippen molar-refractivity contribution >= 4 is 17.8 Å². The number of carbonyl (C=O) groups excluding carboxylic acids is 1. The highest BCUT2D eigenvalue weighted by Gasteiger charge is 2.30. The molecule has 0 bridgehead atoms. The van der Waals surface area contributed by atoms with Gasteiger partial charge < -0.3 is 15.0 Å². The van der Waals surface area contributed by atoms with Gasteiger partial charge in [0, 0.05) is 31.1 Å². The van der Waals surface area contributed by atoms with E-state index in [0.717, 1.165) is 6.07 Å². The molecule has 2 rings (SSSR count). The molecule has 2 amide bonds. The fourth-order valence-electron chi connectivity index (χ4n) is 2.71. The highest BCUT2D eigenvalue weighted by atomic mass is 32.2. The minimum absolute atomic E-state index is 0.0183. The van der Waals surface area contributed by atoms with Gasteiger partial charge in [-0.15, -0.1) is 0 Å². The number of rotatable bonds is 5. The summed E-state index contributed by atoms with van der Waals surface area (Å²) >= 11 is 1.49. The molecule has 8 heteroatoms. The number of halogens is 3. The lowest BCUT2D eigenvalue weighted by atomic mass is 10.1. The van der Waals surface area contributed by atoms with E-state index >= 15 is 0 Å². The third-order valence-electron chi connectivity index (χ3n) is 3.75. The second kappa shape index (κ2) is 8.80. The van der Waals surface area contributed by atoms with Crippen LogP contribution in [0.4, 0.5) is 18.0 Å². The average Bonchev–Trinajstić information content (AvgIpc) is 2.53. The fourth-order valence-corrected chi connectivity index (χ4v) is 3.52. The van der Waals surface area contributed by atoms with Crippen LogP contribution in [0.25, 0.3) is 0 Å². The Morgan fingerprint density at radius 1 is 1.32 bits per heavy atom. The summed E-state index contributed by atoms with van der Waals surface area (Å²) in [5.74, 6) is 1.11. The van der Waals surface area contributed by atoms with Crippen LogP contribution in [0.1, 0.15) is 25.0 Å². The number of benzene rings is 1. The molecule has 0 radical (unpaired) electrons. The zero-order valence-corrected chi connectivity index (χ0v) is 15.1. The van der Waals surface area contributed by atoms with Crippen molar-refractivity contribution in [2.75, 3.05) is 25.4 Å². The molecule has 4 nitrogen and oxygen atoms in total. The summed E-state index contributed by atoms with van der Waals surface area (Å²) in [4.78, 5) is 13.8. The van der Waals surface area contributed by atoms with Crippen molar-refractivity contribution in [2.24, 2.45) is 0 Å². The van der Waals surface area contributed by atoms with E-state index in [1.54, 1.807) is 11.0 Å². The van der Waals surface area contributed by atoms with Gasteiger partial charge >= 0.3 is 12.2 Å². The first-order valence-corrected chi connectivity index (χ1v) is 9.33. The third-order valence-corrected chi connectivity index (χ3v) is 4.78. The normalized spacial score (nSPS) is 21.2. The number of ether oxygens (including phenoxy) is 1. The number of hydrogen-bond acceptors (Lipinski definition) is 3. The van der Waals surface area contributed by atoms with E-state index < -0.39 is 11.7 Å². The number of nitrogens with one attached hydrogen (secondary N) is 1. The highest BCUT2D eigenvalue weighted by molar-refractivity contribution is 7.98. The standard InChI is InChI=1S/C17H23F3N2O2S/c1-12-9-22(10-13(2)24-12)16(23)21-6-7-25-11-14-4-3-5-15(8-14)17(18,19)20/h3-5,8,12-13H,6-7,9-11H2,1-2H3,(H,21,23)/t12-,13-/m1/s1. The van der Waals surface area contributed by atoms with Crippen molar-refractivity contribution in [1.82, 2.24) is 10.2 Å². The van der Waals surface area contributed by atoms with Gasteiger partial charge in [-0.1, -0.05) is 18.2 Å². The SMILES string of the molecule is C[C@@H]1CN(C(=O)NCCSCc2cccc(C(F)(F)F)c2)C[C@@H](C)O1. The highest BCUT2D eigenvalue weighted by Crippen LogP contribution is 2.30. The van der Waals surface area contributed by atoms with Crippen molar-refractivity contribution in [3.8, 4) is 0 Å². The molecule has 1 heterocycles. The van der Waals surface area contributed by atoms with E-state index in [1.165, 1.54) is 23.9 Å².